The maximum atomic E-state index is 12.9. The van der Waals surface area contributed by atoms with Gasteiger partial charge in [0.25, 0.3) is 0 Å². The molecule has 1 saturated heterocycles. The van der Waals surface area contributed by atoms with Crippen LogP contribution in [0.3, 0.4) is 0 Å². The largest absolute Gasteiger partial charge is 0.493 e. The van der Waals surface area contributed by atoms with Gasteiger partial charge in [0.2, 0.25) is 11.9 Å². The SMILES string of the molecule is COc1cccc(CNC(=O)[C@@H]2CCCN(c3nnc4ccccn34)C2)c1OC. The van der Waals surface area contributed by atoms with E-state index in [1.165, 1.54) is 0 Å². The lowest BCUT2D eigenvalue weighted by atomic mass is 9.97. The molecule has 1 aliphatic rings. The Morgan fingerprint density at radius 3 is 2.90 bits per heavy atom. The van der Waals surface area contributed by atoms with Crippen molar-refractivity contribution in [1.29, 1.82) is 0 Å². The molecule has 1 fully saturated rings. The summed E-state index contributed by atoms with van der Waals surface area (Å²) in [6.07, 6.45) is 3.74. The van der Waals surface area contributed by atoms with Crippen LogP contribution in [0.1, 0.15) is 18.4 Å². The van der Waals surface area contributed by atoms with Gasteiger partial charge in [0.05, 0.1) is 20.1 Å². The van der Waals surface area contributed by atoms with Gasteiger partial charge < -0.3 is 19.7 Å². The molecule has 152 valence electrons. The molecule has 1 N–H and O–H groups in total. The highest BCUT2D eigenvalue weighted by Crippen LogP contribution is 2.30. The minimum Gasteiger partial charge on any atom is -0.493 e. The van der Waals surface area contributed by atoms with Crippen LogP contribution in [-0.2, 0) is 11.3 Å². The van der Waals surface area contributed by atoms with Crippen LogP contribution in [0.15, 0.2) is 42.6 Å². The fraction of sp³-hybridized carbons (Fsp3) is 0.381. The fourth-order valence-corrected chi connectivity index (χ4v) is 3.84. The van der Waals surface area contributed by atoms with E-state index in [1.807, 2.05) is 47.0 Å². The van der Waals surface area contributed by atoms with Crippen molar-refractivity contribution in [3.8, 4) is 11.5 Å². The Morgan fingerprint density at radius 1 is 1.17 bits per heavy atom. The predicted molar refractivity (Wildman–Crippen MR) is 109 cm³/mol. The molecule has 0 unspecified atom stereocenters. The van der Waals surface area contributed by atoms with E-state index in [0.29, 0.717) is 24.6 Å². The van der Waals surface area contributed by atoms with Gasteiger partial charge in [-0.25, -0.2) is 0 Å². The van der Waals surface area contributed by atoms with Gasteiger partial charge in [0, 0.05) is 31.4 Å². The maximum Gasteiger partial charge on any atom is 0.231 e. The zero-order valence-corrected chi connectivity index (χ0v) is 16.7. The molecule has 8 nitrogen and oxygen atoms in total. The van der Waals surface area contributed by atoms with Crippen molar-refractivity contribution in [2.45, 2.75) is 19.4 Å². The first-order chi connectivity index (χ1) is 14.2. The van der Waals surface area contributed by atoms with E-state index in [1.54, 1.807) is 14.2 Å². The number of ether oxygens (including phenoxy) is 2. The van der Waals surface area contributed by atoms with Gasteiger partial charge in [0.15, 0.2) is 17.1 Å². The molecule has 3 aromatic rings. The Morgan fingerprint density at radius 2 is 2.07 bits per heavy atom. The third kappa shape index (κ3) is 3.83. The number of anilines is 1. The van der Waals surface area contributed by atoms with Crippen LogP contribution >= 0.6 is 0 Å². The van der Waals surface area contributed by atoms with Crippen molar-refractivity contribution in [3.05, 3.63) is 48.2 Å². The molecule has 1 aromatic carbocycles. The van der Waals surface area contributed by atoms with Crippen molar-refractivity contribution < 1.29 is 14.3 Å². The minimum absolute atomic E-state index is 0.0355. The normalized spacial score (nSPS) is 16.6. The number of carbonyl (C=O) groups is 1. The second kappa shape index (κ2) is 8.38. The third-order valence-corrected chi connectivity index (χ3v) is 5.31. The summed E-state index contributed by atoms with van der Waals surface area (Å²) in [7, 11) is 3.20. The van der Waals surface area contributed by atoms with Crippen LogP contribution in [-0.4, -0.2) is 47.8 Å². The second-order valence-corrected chi connectivity index (χ2v) is 7.08. The lowest BCUT2D eigenvalue weighted by molar-refractivity contribution is -0.125. The topological polar surface area (TPSA) is 81.0 Å². The summed E-state index contributed by atoms with van der Waals surface area (Å²) in [4.78, 5) is 15.0. The Hall–Kier alpha value is -3.29. The molecule has 0 saturated carbocycles. The molecule has 0 aliphatic carbocycles. The predicted octanol–water partition coefficient (Wildman–Crippen LogP) is 2.28. The summed E-state index contributed by atoms with van der Waals surface area (Å²) >= 11 is 0. The number of amides is 1. The average Bonchev–Trinajstić information content (AvgIpc) is 3.21. The van der Waals surface area contributed by atoms with Gasteiger partial charge >= 0.3 is 0 Å². The summed E-state index contributed by atoms with van der Waals surface area (Å²) in [5, 5.41) is 11.6. The van der Waals surface area contributed by atoms with E-state index < -0.39 is 0 Å². The zero-order chi connectivity index (χ0) is 20.2. The number of carbonyl (C=O) groups excluding carboxylic acids is 1. The highest BCUT2D eigenvalue weighted by atomic mass is 16.5. The highest BCUT2D eigenvalue weighted by molar-refractivity contribution is 5.79. The zero-order valence-electron chi connectivity index (χ0n) is 16.7. The van der Waals surface area contributed by atoms with Gasteiger partial charge in [-0.1, -0.05) is 18.2 Å². The quantitative estimate of drug-likeness (QED) is 0.690. The van der Waals surface area contributed by atoms with Gasteiger partial charge in [-0.15, -0.1) is 10.2 Å². The van der Waals surface area contributed by atoms with Crippen molar-refractivity contribution in [1.82, 2.24) is 19.9 Å². The van der Waals surface area contributed by atoms with Crippen molar-refractivity contribution in [2.24, 2.45) is 5.92 Å². The summed E-state index contributed by atoms with van der Waals surface area (Å²) in [6, 6.07) is 11.5. The molecule has 1 aliphatic heterocycles. The molecular formula is C21H25N5O3. The van der Waals surface area contributed by atoms with E-state index in [0.717, 1.165) is 36.5 Å². The average molecular weight is 395 g/mol. The van der Waals surface area contributed by atoms with Crippen molar-refractivity contribution in [3.63, 3.8) is 0 Å². The fourth-order valence-electron chi connectivity index (χ4n) is 3.84. The highest BCUT2D eigenvalue weighted by Gasteiger charge is 2.28. The number of fused-ring (bicyclic) bond motifs is 1. The molecule has 0 bridgehead atoms. The molecule has 0 spiro atoms. The number of rotatable bonds is 6. The lowest BCUT2D eigenvalue weighted by Gasteiger charge is -2.32. The van der Waals surface area contributed by atoms with Crippen molar-refractivity contribution in [2.75, 3.05) is 32.2 Å². The van der Waals surface area contributed by atoms with E-state index in [9.17, 15) is 4.79 Å². The van der Waals surface area contributed by atoms with Gasteiger partial charge in [0.1, 0.15) is 0 Å². The number of aromatic nitrogens is 3. The number of hydrogen-bond acceptors (Lipinski definition) is 6. The second-order valence-electron chi connectivity index (χ2n) is 7.08. The Labute approximate surface area is 169 Å². The van der Waals surface area contributed by atoms with E-state index >= 15 is 0 Å². The maximum absolute atomic E-state index is 12.9. The van der Waals surface area contributed by atoms with Crippen LogP contribution in [0.5, 0.6) is 11.5 Å². The van der Waals surface area contributed by atoms with Crippen LogP contribution in [0, 0.1) is 5.92 Å². The van der Waals surface area contributed by atoms with Gasteiger partial charge in [-0.2, -0.15) is 0 Å². The number of benzene rings is 1. The number of piperidine rings is 1. The molecule has 2 aromatic heterocycles. The van der Waals surface area contributed by atoms with Crippen molar-refractivity contribution >= 4 is 17.5 Å². The molecule has 4 rings (SSSR count). The van der Waals surface area contributed by atoms with Gasteiger partial charge in [-0.05, 0) is 31.0 Å². The summed E-state index contributed by atoms with van der Waals surface area (Å²) in [5.74, 6) is 2.02. The number of hydrogen-bond donors (Lipinski definition) is 1. The first-order valence-electron chi connectivity index (χ1n) is 9.73. The molecule has 0 radical (unpaired) electrons. The van der Waals surface area contributed by atoms with Crippen LogP contribution < -0.4 is 19.7 Å². The molecule has 3 heterocycles. The number of para-hydroxylation sites is 1. The van der Waals surface area contributed by atoms with Gasteiger partial charge in [-0.3, -0.25) is 9.20 Å². The lowest BCUT2D eigenvalue weighted by Crippen LogP contribution is -2.43. The van der Waals surface area contributed by atoms with E-state index in [-0.39, 0.29) is 11.8 Å². The molecular weight excluding hydrogens is 370 g/mol. The number of nitrogens with zero attached hydrogens (tertiary/aromatic N) is 4. The smallest absolute Gasteiger partial charge is 0.231 e. The van der Waals surface area contributed by atoms with Crippen LogP contribution in [0.2, 0.25) is 0 Å². The standard InChI is InChI=1S/C21H25N5O3/c1-28-17-9-5-7-15(19(17)29-2)13-22-20(27)16-8-6-11-25(14-16)21-24-23-18-10-3-4-12-26(18)21/h3-5,7,9-10,12,16H,6,8,11,13-14H2,1-2H3,(H,22,27)/t16-/m1/s1. The molecule has 1 amide bonds. The number of pyridine rings is 1. The Bertz CT molecular complexity index is 1000. The van der Waals surface area contributed by atoms with E-state index in [2.05, 4.69) is 20.4 Å². The van der Waals surface area contributed by atoms with Crippen LogP contribution in [0.25, 0.3) is 5.65 Å². The molecule has 1 atom stereocenters. The summed E-state index contributed by atoms with van der Waals surface area (Å²) < 4.78 is 12.7. The first-order valence-corrected chi connectivity index (χ1v) is 9.73. The Kier molecular flexibility index (Phi) is 5.50. The van der Waals surface area contributed by atoms with E-state index in [4.69, 9.17) is 9.47 Å². The minimum atomic E-state index is -0.101. The summed E-state index contributed by atoms with van der Waals surface area (Å²) in [6.45, 7) is 1.88. The Balaban J connectivity index is 1.43. The molecule has 29 heavy (non-hydrogen) atoms. The third-order valence-electron chi connectivity index (χ3n) is 5.31. The molecule has 8 heteroatoms. The monoisotopic (exact) mass is 395 g/mol. The number of nitrogens with one attached hydrogen (secondary N) is 1. The van der Waals surface area contributed by atoms with Crippen LogP contribution in [0.4, 0.5) is 5.95 Å². The summed E-state index contributed by atoms with van der Waals surface area (Å²) in [5.41, 5.74) is 1.69. The number of methoxy groups -OCH3 is 2. The first kappa shape index (κ1) is 19.0.